The molecule has 0 aliphatic heterocycles. The van der Waals surface area contributed by atoms with Gasteiger partial charge >= 0.3 is 0 Å². The van der Waals surface area contributed by atoms with E-state index in [0.717, 1.165) is 35.5 Å². The van der Waals surface area contributed by atoms with Gasteiger partial charge in [-0.15, -0.1) is 0 Å². The third kappa shape index (κ3) is 1.26. The minimum absolute atomic E-state index is 0. The van der Waals surface area contributed by atoms with Crippen LogP contribution in [0.2, 0.25) is 0 Å². The van der Waals surface area contributed by atoms with Gasteiger partial charge in [-0.25, -0.2) is 0 Å². The normalized spacial score (nSPS) is 58.3. The van der Waals surface area contributed by atoms with Crippen LogP contribution in [0.25, 0.3) is 0 Å². The second-order valence-electron chi connectivity index (χ2n) is 5.84. The first-order valence-electron chi connectivity index (χ1n) is 6.08. The molecule has 5 aliphatic rings. The molecule has 6 bridgehead atoms. The Hall–Kier alpha value is 1.10. The Morgan fingerprint density at radius 2 is 1.43 bits per heavy atom. The molecule has 0 aromatic heterocycles. The Balaban J connectivity index is 0.000000640. The van der Waals surface area contributed by atoms with E-state index < -0.39 is 0 Å². The third-order valence-corrected chi connectivity index (χ3v) is 5.39. The van der Waals surface area contributed by atoms with E-state index >= 15 is 0 Å². The third-order valence-electron chi connectivity index (χ3n) is 5.39. The minimum atomic E-state index is 0. The molecule has 5 rings (SSSR count). The van der Waals surface area contributed by atoms with Gasteiger partial charge in [0.1, 0.15) is 0 Å². The molecule has 0 N–H and O–H groups in total. The van der Waals surface area contributed by atoms with Crippen LogP contribution in [0.1, 0.15) is 32.1 Å². The van der Waals surface area contributed by atoms with Crippen LogP contribution in [0, 0.1) is 48.3 Å². The molecule has 14 heavy (non-hydrogen) atoms. The standard InChI is InChI=1S/C13H18.Y/c1-2-11-9-4-8-5-10(7-9)12(3-1)13(11)6-8;/h1,7-13H,2-6H2;/q-2;. The zero-order chi connectivity index (χ0) is 8.41. The molecule has 75 valence electrons. The number of hydrogen-bond acceptors (Lipinski definition) is 0. The Morgan fingerprint density at radius 3 is 2.07 bits per heavy atom. The van der Waals surface area contributed by atoms with Gasteiger partial charge in [0.25, 0.3) is 0 Å². The van der Waals surface area contributed by atoms with Crippen LogP contribution in [-0.4, -0.2) is 0 Å². The van der Waals surface area contributed by atoms with Crippen molar-refractivity contribution in [3.8, 4) is 0 Å². The van der Waals surface area contributed by atoms with Crippen LogP contribution in [0.15, 0.2) is 0 Å². The molecule has 5 fully saturated rings. The van der Waals surface area contributed by atoms with Crippen molar-refractivity contribution in [1.82, 2.24) is 0 Å². The molecule has 0 nitrogen and oxygen atoms in total. The van der Waals surface area contributed by atoms with Crippen molar-refractivity contribution in [3.05, 3.63) is 12.8 Å². The number of hydrogen-bond donors (Lipinski definition) is 0. The van der Waals surface area contributed by atoms with Crippen molar-refractivity contribution in [2.45, 2.75) is 32.1 Å². The van der Waals surface area contributed by atoms with E-state index in [1.807, 2.05) is 0 Å². The molecule has 0 saturated heterocycles. The molecule has 5 aliphatic carbocycles. The maximum absolute atomic E-state index is 2.76. The van der Waals surface area contributed by atoms with E-state index in [1.54, 1.807) is 19.3 Å². The summed E-state index contributed by atoms with van der Waals surface area (Å²) in [7, 11) is 0. The quantitative estimate of drug-likeness (QED) is 0.589. The summed E-state index contributed by atoms with van der Waals surface area (Å²) in [5, 5.41) is 0. The average Bonchev–Trinajstić information content (AvgIpc) is 2.15. The van der Waals surface area contributed by atoms with Gasteiger partial charge in [-0.2, -0.15) is 24.7 Å². The summed E-state index contributed by atoms with van der Waals surface area (Å²) in [6.07, 6.45) is 13.0. The van der Waals surface area contributed by atoms with Gasteiger partial charge in [-0.1, -0.05) is 24.7 Å². The summed E-state index contributed by atoms with van der Waals surface area (Å²) >= 11 is 0. The summed E-state index contributed by atoms with van der Waals surface area (Å²) < 4.78 is 0. The Bertz CT molecular complexity index is 217. The zero-order valence-electron chi connectivity index (χ0n) is 8.73. The topological polar surface area (TPSA) is 0 Å². The molecule has 0 amide bonds. The van der Waals surface area contributed by atoms with E-state index in [0.29, 0.717) is 0 Å². The first-order valence-corrected chi connectivity index (χ1v) is 6.08. The molecular weight excluding hydrogens is 245 g/mol. The van der Waals surface area contributed by atoms with Gasteiger partial charge in [0, 0.05) is 32.7 Å². The van der Waals surface area contributed by atoms with E-state index in [9.17, 15) is 0 Å². The average molecular weight is 263 g/mol. The molecule has 1 radical (unpaired) electrons. The van der Waals surface area contributed by atoms with Crippen molar-refractivity contribution in [3.63, 3.8) is 0 Å². The molecule has 1 heteroatoms. The van der Waals surface area contributed by atoms with Crippen LogP contribution in [0.4, 0.5) is 0 Å². The molecule has 5 saturated carbocycles. The van der Waals surface area contributed by atoms with E-state index in [1.165, 1.54) is 12.8 Å². The molecule has 4 atom stereocenters. The van der Waals surface area contributed by atoms with E-state index in [2.05, 4.69) is 12.8 Å². The smallest absolute Gasteiger partial charge is 0 e. The van der Waals surface area contributed by atoms with Crippen molar-refractivity contribution in [2.75, 3.05) is 0 Å². The minimum Gasteiger partial charge on any atom is -0.328 e. The SMILES string of the molecule is [CH-]1CC2C3[CH-]C4CC(C3)CC2C4C1.[Y]. The summed E-state index contributed by atoms with van der Waals surface area (Å²) in [6.45, 7) is 0. The van der Waals surface area contributed by atoms with Crippen LogP contribution in [0.5, 0.6) is 0 Å². The first-order chi connectivity index (χ1) is 6.42. The summed E-state index contributed by atoms with van der Waals surface area (Å²) in [6, 6.07) is 0. The Labute approximate surface area is 112 Å². The number of rotatable bonds is 0. The molecule has 0 aromatic rings. The predicted molar refractivity (Wildman–Crippen MR) is 52.6 cm³/mol. The monoisotopic (exact) mass is 263 g/mol. The van der Waals surface area contributed by atoms with E-state index in [-0.39, 0.29) is 32.7 Å². The van der Waals surface area contributed by atoms with Crippen molar-refractivity contribution in [1.29, 1.82) is 0 Å². The Kier molecular flexibility index (Phi) is 2.61. The molecule has 0 spiro atoms. The summed E-state index contributed by atoms with van der Waals surface area (Å²) in [5.41, 5.74) is 0. The predicted octanol–water partition coefficient (Wildman–Crippen LogP) is 3.09. The fourth-order valence-corrected chi connectivity index (χ4v) is 5.04. The molecule has 4 unspecified atom stereocenters. The fraction of sp³-hybridized carbons (Fsp3) is 0.846. The Morgan fingerprint density at radius 1 is 0.786 bits per heavy atom. The fourth-order valence-electron chi connectivity index (χ4n) is 5.04. The van der Waals surface area contributed by atoms with Gasteiger partial charge in [-0.3, -0.25) is 0 Å². The van der Waals surface area contributed by atoms with Crippen LogP contribution in [-0.2, 0) is 32.7 Å². The second-order valence-corrected chi connectivity index (χ2v) is 5.84. The van der Waals surface area contributed by atoms with Crippen LogP contribution < -0.4 is 0 Å². The van der Waals surface area contributed by atoms with Crippen LogP contribution in [0.3, 0.4) is 0 Å². The second kappa shape index (κ2) is 3.55. The van der Waals surface area contributed by atoms with Crippen molar-refractivity contribution in [2.24, 2.45) is 35.5 Å². The zero-order valence-corrected chi connectivity index (χ0v) is 11.6. The first kappa shape index (κ1) is 10.3. The molecule has 0 heterocycles. The van der Waals surface area contributed by atoms with Crippen molar-refractivity contribution >= 4 is 0 Å². The summed E-state index contributed by atoms with van der Waals surface area (Å²) in [4.78, 5) is 0. The van der Waals surface area contributed by atoms with E-state index in [4.69, 9.17) is 0 Å². The molecular formula is C13H18Y-2. The van der Waals surface area contributed by atoms with Crippen molar-refractivity contribution < 1.29 is 32.7 Å². The van der Waals surface area contributed by atoms with Gasteiger partial charge in [0.15, 0.2) is 0 Å². The van der Waals surface area contributed by atoms with Gasteiger partial charge < -0.3 is 12.8 Å². The summed E-state index contributed by atoms with van der Waals surface area (Å²) in [5.74, 6) is 6.54. The molecule has 0 aromatic carbocycles. The largest absolute Gasteiger partial charge is 0.328 e. The van der Waals surface area contributed by atoms with Crippen LogP contribution >= 0.6 is 0 Å². The maximum atomic E-state index is 2.76. The maximum Gasteiger partial charge on any atom is 0 e. The van der Waals surface area contributed by atoms with Gasteiger partial charge in [0.2, 0.25) is 0 Å². The van der Waals surface area contributed by atoms with Gasteiger partial charge in [-0.05, 0) is 18.3 Å². The van der Waals surface area contributed by atoms with Gasteiger partial charge in [0.05, 0.1) is 0 Å².